The highest BCUT2D eigenvalue weighted by Crippen LogP contribution is 2.25. The molecule has 3 fully saturated rings. The first-order valence-electron chi connectivity index (χ1n) is 11.2. The SMILES string of the molecule is Cc1cccc(N2CCN(CC(=O)N3CCN(C4CCCC4)CC3)CC2C)c1. The Hall–Kier alpha value is -1.59. The first-order chi connectivity index (χ1) is 13.6. The smallest absolute Gasteiger partial charge is 0.236 e. The van der Waals surface area contributed by atoms with Crippen molar-refractivity contribution < 1.29 is 4.79 Å². The summed E-state index contributed by atoms with van der Waals surface area (Å²) in [7, 11) is 0. The third-order valence-electron chi connectivity index (χ3n) is 6.91. The number of rotatable bonds is 4. The van der Waals surface area contributed by atoms with Gasteiger partial charge in [0.1, 0.15) is 0 Å². The highest BCUT2D eigenvalue weighted by atomic mass is 16.2. The molecule has 2 aliphatic heterocycles. The molecule has 2 saturated heterocycles. The van der Waals surface area contributed by atoms with Gasteiger partial charge in [-0.25, -0.2) is 0 Å². The Balaban J connectivity index is 1.24. The number of hydrogen-bond acceptors (Lipinski definition) is 4. The van der Waals surface area contributed by atoms with E-state index in [9.17, 15) is 4.79 Å². The Labute approximate surface area is 170 Å². The highest BCUT2D eigenvalue weighted by molar-refractivity contribution is 5.78. The van der Waals surface area contributed by atoms with Crippen LogP contribution in [0.1, 0.15) is 38.2 Å². The molecule has 0 N–H and O–H groups in total. The summed E-state index contributed by atoms with van der Waals surface area (Å²) in [5.74, 6) is 0.322. The van der Waals surface area contributed by atoms with Crippen LogP contribution in [-0.4, -0.2) is 85.0 Å². The summed E-state index contributed by atoms with van der Waals surface area (Å²) in [6, 6.07) is 9.97. The topological polar surface area (TPSA) is 30.0 Å². The molecule has 5 heteroatoms. The van der Waals surface area contributed by atoms with Crippen LogP contribution in [0.25, 0.3) is 0 Å². The van der Waals surface area contributed by atoms with E-state index >= 15 is 0 Å². The number of benzene rings is 1. The maximum atomic E-state index is 12.8. The van der Waals surface area contributed by atoms with Crippen LogP contribution in [0.5, 0.6) is 0 Å². The predicted molar refractivity (Wildman–Crippen MR) is 115 cm³/mol. The molecular weight excluding hydrogens is 348 g/mol. The molecule has 0 bridgehead atoms. The lowest BCUT2D eigenvalue weighted by molar-refractivity contribution is -0.134. The van der Waals surface area contributed by atoms with Crippen molar-refractivity contribution in [3.05, 3.63) is 29.8 Å². The van der Waals surface area contributed by atoms with Gasteiger partial charge in [-0.3, -0.25) is 14.6 Å². The summed E-state index contributed by atoms with van der Waals surface area (Å²) in [4.78, 5) is 22.4. The minimum absolute atomic E-state index is 0.322. The van der Waals surface area contributed by atoms with Crippen molar-refractivity contribution in [3.63, 3.8) is 0 Å². The second kappa shape index (κ2) is 8.83. The number of amides is 1. The molecule has 28 heavy (non-hydrogen) atoms. The summed E-state index contributed by atoms with van der Waals surface area (Å²) in [6.07, 6.45) is 5.49. The molecule has 3 aliphatic rings. The maximum absolute atomic E-state index is 12.8. The van der Waals surface area contributed by atoms with E-state index in [1.54, 1.807) is 0 Å². The van der Waals surface area contributed by atoms with Crippen LogP contribution in [0.2, 0.25) is 0 Å². The van der Waals surface area contributed by atoms with Crippen molar-refractivity contribution in [3.8, 4) is 0 Å². The van der Waals surface area contributed by atoms with Gasteiger partial charge in [0, 0.05) is 63.6 Å². The molecule has 1 unspecified atom stereocenters. The second-order valence-corrected chi connectivity index (χ2v) is 8.97. The number of hydrogen-bond donors (Lipinski definition) is 0. The third kappa shape index (κ3) is 4.52. The van der Waals surface area contributed by atoms with Crippen molar-refractivity contribution in [2.75, 3.05) is 57.3 Å². The van der Waals surface area contributed by atoms with E-state index in [2.05, 4.69) is 57.7 Å². The Morgan fingerprint density at radius 1 is 1.04 bits per heavy atom. The lowest BCUT2D eigenvalue weighted by atomic mass is 10.1. The summed E-state index contributed by atoms with van der Waals surface area (Å²) >= 11 is 0. The van der Waals surface area contributed by atoms with Crippen LogP contribution >= 0.6 is 0 Å². The minimum atomic E-state index is 0.322. The molecule has 154 valence electrons. The van der Waals surface area contributed by atoms with Crippen LogP contribution in [-0.2, 0) is 4.79 Å². The van der Waals surface area contributed by atoms with Crippen LogP contribution in [0.15, 0.2) is 24.3 Å². The van der Waals surface area contributed by atoms with E-state index in [0.29, 0.717) is 18.5 Å². The number of aryl methyl sites for hydroxylation is 1. The average Bonchev–Trinajstić information content (AvgIpc) is 3.23. The fourth-order valence-electron chi connectivity index (χ4n) is 5.26. The van der Waals surface area contributed by atoms with Gasteiger partial charge in [0.15, 0.2) is 0 Å². The van der Waals surface area contributed by atoms with Crippen LogP contribution in [0.3, 0.4) is 0 Å². The summed E-state index contributed by atoms with van der Waals surface area (Å²) in [5, 5.41) is 0. The van der Waals surface area contributed by atoms with Crippen LogP contribution in [0.4, 0.5) is 5.69 Å². The molecule has 1 aromatic carbocycles. The zero-order chi connectivity index (χ0) is 19.5. The molecule has 1 aromatic rings. The Bertz CT molecular complexity index is 664. The van der Waals surface area contributed by atoms with Crippen LogP contribution in [0, 0.1) is 6.92 Å². The van der Waals surface area contributed by atoms with Crippen molar-refractivity contribution in [1.29, 1.82) is 0 Å². The molecule has 0 spiro atoms. The van der Waals surface area contributed by atoms with Gasteiger partial charge in [-0.2, -0.15) is 0 Å². The first kappa shape index (κ1) is 19.7. The first-order valence-corrected chi connectivity index (χ1v) is 11.2. The zero-order valence-electron chi connectivity index (χ0n) is 17.6. The third-order valence-corrected chi connectivity index (χ3v) is 6.91. The van der Waals surface area contributed by atoms with Gasteiger partial charge in [-0.05, 0) is 44.4 Å². The predicted octanol–water partition coefficient (Wildman–Crippen LogP) is 2.59. The van der Waals surface area contributed by atoms with Gasteiger partial charge in [-0.1, -0.05) is 25.0 Å². The fourth-order valence-corrected chi connectivity index (χ4v) is 5.26. The van der Waals surface area contributed by atoms with E-state index < -0.39 is 0 Å². The second-order valence-electron chi connectivity index (χ2n) is 8.97. The fraction of sp³-hybridized carbons (Fsp3) is 0.696. The molecular formula is C23H36N4O. The number of piperazine rings is 2. The monoisotopic (exact) mass is 384 g/mol. The minimum Gasteiger partial charge on any atom is -0.366 e. The molecule has 1 aliphatic carbocycles. The quantitative estimate of drug-likeness (QED) is 0.798. The number of carbonyl (C=O) groups is 1. The molecule has 2 heterocycles. The molecule has 4 rings (SSSR count). The largest absolute Gasteiger partial charge is 0.366 e. The van der Waals surface area contributed by atoms with Crippen LogP contribution < -0.4 is 4.90 Å². The van der Waals surface area contributed by atoms with Gasteiger partial charge in [-0.15, -0.1) is 0 Å². The molecule has 5 nitrogen and oxygen atoms in total. The molecule has 1 atom stereocenters. The van der Waals surface area contributed by atoms with E-state index in [1.165, 1.54) is 36.9 Å². The van der Waals surface area contributed by atoms with Gasteiger partial charge >= 0.3 is 0 Å². The van der Waals surface area contributed by atoms with E-state index in [0.717, 1.165) is 51.9 Å². The molecule has 1 amide bonds. The lowest BCUT2D eigenvalue weighted by Crippen LogP contribution is -2.56. The van der Waals surface area contributed by atoms with Crippen molar-refractivity contribution in [1.82, 2.24) is 14.7 Å². The van der Waals surface area contributed by atoms with Crippen molar-refractivity contribution >= 4 is 11.6 Å². The van der Waals surface area contributed by atoms with Gasteiger partial charge in [0.05, 0.1) is 6.54 Å². The maximum Gasteiger partial charge on any atom is 0.236 e. The Morgan fingerprint density at radius 2 is 1.79 bits per heavy atom. The Kier molecular flexibility index (Phi) is 6.22. The molecule has 0 radical (unpaired) electrons. The van der Waals surface area contributed by atoms with E-state index in [-0.39, 0.29) is 0 Å². The van der Waals surface area contributed by atoms with E-state index in [1.807, 2.05) is 0 Å². The lowest BCUT2D eigenvalue weighted by Gasteiger charge is -2.42. The standard InChI is InChI=1S/C23H36N4O/c1-19-6-5-9-22(16-19)27-15-10-24(17-20(27)2)18-23(28)26-13-11-25(12-14-26)21-7-3-4-8-21/h5-6,9,16,20-21H,3-4,7-8,10-15,17-18H2,1-2H3. The Morgan fingerprint density at radius 3 is 2.46 bits per heavy atom. The normalized spacial score (nSPS) is 25.4. The number of nitrogens with zero attached hydrogens (tertiary/aromatic N) is 4. The summed E-state index contributed by atoms with van der Waals surface area (Å²) < 4.78 is 0. The van der Waals surface area contributed by atoms with Gasteiger partial charge in [0.25, 0.3) is 0 Å². The van der Waals surface area contributed by atoms with Crippen molar-refractivity contribution in [2.45, 2.75) is 51.6 Å². The molecule has 1 saturated carbocycles. The average molecular weight is 385 g/mol. The van der Waals surface area contributed by atoms with Gasteiger partial charge < -0.3 is 9.80 Å². The molecule has 0 aromatic heterocycles. The zero-order valence-corrected chi connectivity index (χ0v) is 17.6. The van der Waals surface area contributed by atoms with E-state index in [4.69, 9.17) is 0 Å². The summed E-state index contributed by atoms with van der Waals surface area (Å²) in [5.41, 5.74) is 2.61. The number of carbonyl (C=O) groups excluding carboxylic acids is 1. The van der Waals surface area contributed by atoms with Crippen molar-refractivity contribution in [2.24, 2.45) is 0 Å². The highest BCUT2D eigenvalue weighted by Gasteiger charge is 2.30. The van der Waals surface area contributed by atoms with Gasteiger partial charge in [0.2, 0.25) is 5.91 Å². The summed E-state index contributed by atoms with van der Waals surface area (Å²) in [6.45, 7) is 11.9. The number of anilines is 1.